The zero-order chi connectivity index (χ0) is 14.7. The number of ether oxygens (including phenoxy) is 1. The van der Waals surface area contributed by atoms with Gasteiger partial charge in [-0.25, -0.2) is 9.78 Å². The number of benzene rings is 1. The molecular weight excluding hydrogens is 284 g/mol. The molecule has 1 fully saturated rings. The van der Waals surface area contributed by atoms with Crippen molar-refractivity contribution in [2.45, 2.75) is 24.8 Å². The summed E-state index contributed by atoms with van der Waals surface area (Å²) >= 11 is 1.66. The van der Waals surface area contributed by atoms with Crippen LogP contribution in [0.5, 0.6) is 0 Å². The Morgan fingerprint density at radius 3 is 2.86 bits per heavy atom. The lowest BCUT2D eigenvalue weighted by Crippen LogP contribution is -2.31. The molecule has 1 aliphatic rings. The summed E-state index contributed by atoms with van der Waals surface area (Å²) in [6.07, 6.45) is 2.17. The summed E-state index contributed by atoms with van der Waals surface area (Å²) in [6.45, 7) is 0.992. The Labute approximate surface area is 128 Å². The van der Waals surface area contributed by atoms with Gasteiger partial charge in [-0.1, -0.05) is 12.1 Å². The highest BCUT2D eigenvalue weighted by Gasteiger charge is 2.25. The Kier molecular flexibility index (Phi) is 4.31. The zero-order valence-electron chi connectivity index (χ0n) is 11.9. The van der Waals surface area contributed by atoms with Crippen LogP contribution in [0.25, 0.3) is 0 Å². The van der Waals surface area contributed by atoms with Gasteiger partial charge in [-0.05, 0) is 37.1 Å². The van der Waals surface area contributed by atoms with Crippen LogP contribution in [0.2, 0.25) is 0 Å². The molecule has 0 bridgehead atoms. The molecule has 1 unspecified atom stereocenters. The largest absolute Gasteiger partial charge is 0.465 e. The number of hydrogen-bond donors (Lipinski definition) is 1. The number of methoxy groups -OCH3 is 1. The van der Waals surface area contributed by atoms with Crippen molar-refractivity contribution in [3.63, 3.8) is 0 Å². The van der Waals surface area contributed by atoms with E-state index < -0.39 is 0 Å². The fourth-order valence-corrected chi connectivity index (χ4v) is 3.47. The molecule has 110 valence electrons. The average molecular weight is 302 g/mol. The third-order valence-corrected chi connectivity index (χ3v) is 4.61. The first-order chi connectivity index (χ1) is 10.3. The minimum Gasteiger partial charge on any atom is -0.465 e. The lowest BCUT2D eigenvalue weighted by Gasteiger charge is -2.30. The van der Waals surface area contributed by atoms with Crippen LogP contribution in [0.1, 0.15) is 46.4 Å². The predicted molar refractivity (Wildman–Crippen MR) is 82.6 cm³/mol. The molecule has 0 amide bonds. The fraction of sp³-hybridized carbons (Fsp3) is 0.375. The first-order valence-electron chi connectivity index (χ1n) is 7.07. The van der Waals surface area contributed by atoms with Crippen molar-refractivity contribution in [1.29, 1.82) is 0 Å². The molecule has 0 spiro atoms. The highest BCUT2D eigenvalue weighted by Crippen LogP contribution is 2.33. The van der Waals surface area contributed by atoms with Crippen molar-refractivity contribution in [1.82, 2.24) is 10.3 Å². The zero-order valence-corrected chi connectivity index (χ0v) is 12.7. The summed E-state index contributed by atoms with van der Waals surface area (Å²) in [7, 11) is 1.40. The molecule has 4 nitrogen and oxygen atoms in total. The molecule has 2 heterocycles. The van der Waals surface area contributed by atoms with Gasteiger partial charge >= 0.3 is 5.97 Å². The van der Waals surface area contributed by atoms with E-state index in [1.165, 1.54) is 18.4 Å². The van der Waals surface area contributed by atoms with Crippen LogP contribution in [0.15, 0.2) is 35.2 Å². The van der Waals surface area contributed by atoms with E-state index in [1.54, 1.807) is 11.3 Å². The number of carbonyl (C=O) groups excluding carboxylic acids is 1. The second kappa shape index (κ2) is 6.37. The number of rotatable bonds is 3. The molecule has 1 aromatic heterocycles. The second-order valence-electron chi connectivity index (χ2n) is 5.25. The third kappa shape index (κ3) is 3.14. The van der Waals surface area contributed by atoms with E-state index in [9.17, 15) is 4.79 Å². The van der Waals surface area contributed by atoms with Gasteiger partial charge in [-0.3, -0.25) is 0 Å². The summed E-state index contributed by atoms with van der Waals surface area (Å²) in [4.78, 5) is 15.9. The number of nitrogens with one attached hydrogen (secondary N) is 1. The first kappa shape index (κ1) is 14.2. The number of aromatic nitrogens is 1. The van der Waals surface area contributed by atoms with E-state index in [1.807, 2.05) is 29.8 Å². The Hall–Kier alpha value is -1.72. The SMILES string of the molecule is COC(=O)c1ccc([C@@H]2CC(c3cscn3)CCN2)cc1. The number of nitrogens with zero attached hydrogens (tertiary/aromatic N) is 1. The molecule has 2 aromatic rings. The Morgan fingerprint density at radius 1 is 1.38 bits per heavy atom. The molecule has 1 aliphatic heterocycles. The topological polar surface area (TPSA) is 51.2 Å². The number of esters is 1. The fourth-order valence-electron chi connectivity index (χ4n) is 2.83. The monoisotopic (exact) mass is 302 g/mol. The van der Waals surface area contributed by atoms with Gasteiger partial charge in [0.2, 0.25) is 0 Å². The lowest BCUT2D eigenvalue weighted by atomic mass is 9.87. The van der Waals surface area contributed by atoms with Crippen LogP contribution in [0, 0.1) is 0 Å². The predicted octanol–water partition coefficient (Wildman–Crippen LogP) is 3.14. The maximum absolute atomic E-state index is 11.5. The van der Waals surface area contributed by atoms with Crippen molar-refractivity contribution in [2.24, 2.45) is 0 Å². The van der Waals surface area contributed by atoms with Crippen LogP contribution in [0.4, 0.5) is 0 Å². The van der Waals surface area contributed by atoms with Crippen molar-refractivity contribution >= 4 is 17.3 Å². The second-order valence-corrected chi connectivity index (χ2v) is 5.97. The van der Waals surface area contributed by atoms with Gasteiger partial charge in [0.05, 0.1) is 23.9 Å². The summed E-state index contributed by atoms with van der Waals surface area (Å²) in [5.41, 5.74) is 4.91. The molecule has 5 heteroatoms. The van der Waals surface area contributed by atoms with E-state index in [0.717, 1.165) is 19.4 Å². The Morgan fingerprint density at radius 2 is 2.19 bits per heavy atom. The smallest absolute Gasteiger partial charge is 0.337 e. The number of piperidine rings is 1. The molecule has 1 saturated heterocycles. The molecule has 2 atom stereocenters. The first-order valence-corrected chi connectivity index (χ1v) is 8.02. The molecule has 0 aliphatic carbocycles. The minimum atomic E-state index is -0.293. The maximum atomic E-state index is 11.5. The quantitative estimate of drug-likeness (QED) is 0.885. The van der Waals surface area contributed by atoms with Gasteiger partial charge in [0.25, 0.3) is 0 Å². The summed E-state index contributed by atoms with van der Waals surface area (Å²) < 4.78 is 4.73. The van der Waals surface area contributed by atoms with E-state index in [0.29, 0.717) is 17.5 Å². The van der Waals surface area contributed by atoms with Crippen LogP contribution >= 0.6 is 11.3 Å². The van der Waals surface area contributed by atoms with Crippen molar-refractivity contribution in [2.75, 3.05) is 13.7 Å². The number of carbonyl (C=O) groups is 1. The van der Waals surface area contributed by atoms with Gasteiger partial charge in [0, 0.05) is 17.3 Å². The van der Waals surface area contributed by atoms with Crippen molar-refractivity contribution in [3.05, 3.63) is 52.0 Å². The highest BCUT2D eigenvalue weighted by atomic mass is 32.1. The van der Waals surface area contributed by atoms with Crippen molar-refractivity contribution in [3.8, 4) is 0 Å². The third-order valence-electron chi connectivity index (χ3n) is 4.01. The molecule has 0 radical (unpaired) electrons. The standard InChI is InChI=1S/C16H18N2O2S/c1-20-16(19)12-4-2-11(3-5-12)14-8-13(6-7-17-14)15-9-21-10-18-15/h2-5,9-10,13-14,17H,6-8H2,1H3/t13?,14-/m0/s1. The summed E-state index contributed by atoms with van der Waals surface area (Å²) in [5, 5.41) is 5.70. The van der Waals surface area contributed by atoms with Gasteiger partial charge in [0.1, 0.15) is 0 Å². The van der Waals surface area contributed by atoms with E-state index >= 15 is 0 Å². The van der Waals surface area contributed by atoms with Gasteiger partial charge in [-0.15, -0.1) is 11.3 Å². The maximum Gasteiger partial charge on any atom is 0.337 e. The highest BCUT2D eigenvalue weighted by molar-refractivity contribution is 7.07. The van der Waals surface area contributed by atoms with E-state index in [4.69, 9.17) is 4.74 Å². The average Bonchev–Trinajstić information content (AvgIpc) is 3.09. The number of thiazole rings is 1. The van der Waals surface area contributed by atoms with Gasteiger partial charge in [-0.2, -0.15) is 0 Å². The molecule has 0 saturated carbocycles. The van der Waals surface area contributed by atoms with Crippen molar-refractivity contribution < 1.29 is 9.53 Å². The van der Waals surface area contributed by atoms with E-state index in [-0.39, 0.29) is 5.97 Å². The summed E-state index contributed by atoms with van der Waals surface area (Å²) in [5.74, 6) is 0.223. The molecule has 1 aromatic carbocycles. The summed E-state index contributed by atoms with van der Waals surface area (Å²) in [6, 6.07) is 7.99. The van der Waals surface area contributed by atoms with E-state index in [2.05, 4.69) is 15.7 Å². The number of hydrogen-bond acceptors (Lipinski definition) is 5. The Bertz CT molecular complexity index is 595. The molecule has 3 rings (SSSR count). The van der Waals surface area contributed by atoms with Crippen LogP contribution in [-0.4, -0.2) is 24.6 Å². The molecule has 1 N–H and O–H groups in total. The van der Waals surface area contributed by atoms with Crippen LogP contribution in [0.3, 0.4) is 0 Å². The lowest BCUT2D eigenvalue weighted by molar-refractivity contribution is 0.0600. The molecular formula is C16H18N2O2S. The van der Waals surface area contributed by atoms with Crippen LogP contribution in [-0.2, 0) is 4.74 Å². The minimum absolute atomic E-state index is 0.293. The van der Waals surface area contributed by atoms with Gasteiger partial charge in [0.15, 0.2) is 0 Å². The van der Waals surface area contributed by atoms with Crippen LogP contribution < -0.4 is 5.32 Å². The normalized spacial score (nSPS) is 22.0. The Balaban J connectivity index is 1.73. The van der Waals surface area contributed by atoms with Gasteiger partial charge < -0.3 is 10.1 Å². The molecule has 21 heavy (non-hydrogen) atoms.